The average Bonchev–Trinajstić information content (AvgIpc) is 2.61. The van der Waals surface area contributed by atoms with Crippen molar-refractivity contribution in [3.8, 4) is 5.75 Å². The molecule has 1 amide bonds. The molecule has 1 heterocycles. The topological polar surface area (TPSA) is 67.4 Å². The lowest BCUT2D eigenvalue weighted by atomic mass is 10.2. The molecule has 1 N–H and O–H groups in total. The van der Waals surface area contributed by atoms with Crippen LogP contribution in [0.2, 0.25) is 5.02 Å². The molecule has 0 fully saturated rings. The van der Waals surface area contributed by atoms with E-state index in [0.717, 1.165) is 31.6 Å². The number of hydrogen-bond acceptors (Lipinski definition) is 5. The summed E-state index contributed by atoms with van der Waals surface area (Å²) in [6, 6.07) is 6.73. The van der Waals surface area contributed by atoms with Gasteiger partial charge in [-0.25, -0.2) is 9.97 Å². The van der Waals surface area contributed by atoms with Gasteiger partial charge in [-0.3, -0.25) is 4.79 Å². The van der Waals surface area contributed by atoms with Gasteiger partial charge in [-0.2, -0.15) is 0 Å². The molecule has 2 aromatic rings. The first-order valence-electron chi connectivity index (χ1n) is 8.74. The lowest BCUT2D eigenvalue weighted by molar-refractivity contribution is 0.102. The largest absolute Gasteiger partial charge is 0.495 e. The smallest absolute Gasteiger partial charge is 0.274 e. The Morgan fingerprint density at radius 2 is 1.88 bits per heavy atom. The highest BCUT2D eigenvalue weighted by Crippen LogP contribution is 2.28. The number of aromatic nitrogens is 2. The lowest BCUT2D eigenvalue weighted by Crippen LogP contribution is -2.28. The van der Waals surface area contributed by atoms with Crippen LogP contribution in [0.1, 0.15) is 42.9 Å². The van der Waals surface area contributed by atoms with Crippen LogP contribution in [0.15, 0.2) is 24.3 Å². The summed E-state index contributed by atoms with van der Waals surface area (Å²) in [5, 5.41) is 3.33. The van der Waals surface area contributed by atoms with Crippen LogP contribution in [0.4, 0.5) is 11.6 Å². The Bertz CT molecular complexity index is 761. The molecule has 0 aliphatic carbocycles. The fourth-order valence-corrected chi connectivity index (χ4v) is 2.80. The van der Waals surface area contributed by atoms with E-state index in [9.17, 15) is 4.79 Å². The second-order valence-corrected chi connectivity index (χ2v) is 6.42. The van der Waals surface area contributed by atoms with Crippen LogP contribution < -0.4 is 15.0 Å². The van der Waals surface area contributed by atoms with Crippen molar-refractivity contribution >= 4 is 29.1 Å². The van der Waals surface area contributed by atoms with Gasteiger partial charge in [-0.15, -0.1) is 0 Å². The SMILES string of the molecule is CCCN(CCC)c1nc(C)cc(C(=O)Nc2cc(Cl)ccc2OC)n1. The summed E-state index contributed by atoms with van der Waals surface area (Å²) < 4.78 is 5.27. The van der Waals surface area contributed by atoms with Gasteiger partial charge >= 0.3 is 0 Å². The summed E-state index contributed by atoms with van der Waals surface area (Å²) in [7, 11) is 1.54. The zero-order valence-corrected chi connectivity index (χ0v) is 16.4. The summed E-state index contributed by atoms with van der Waals surface area (Å²) in [5.74, 6) is 0.787. The highest BCUT2D eigenvalue weighted by Gasteiger charge is 2.16. The Morgan fingerprint density at radius 1 is 1.19 bits per heavy atom. The monoisotopic (exact) mass is 376 g/mol. The second kappa shape index (κ2) is 9.38. The second-order valence-electron chi connectivity index (χ2n) is 5.98. The van der Waals surface area contributed by atoms with E-state index in [1.54, 1.807) is 31.4 Å². The van der Waals surface area contributed by atoms with Gasteiger partial charge in [0.25, 0.3) is 5.91 Å². The van der Waals surface area contributed by atoms with Gasteiger partial charge in [-0.05, 0) is 44.0 Å². The predicted molar refractivity (Wildman–Crippen MR) is 106 cm³/mol. The molecule has 0 saturated heterocycles. The quantitative estimate of drug-likeness (QED) is 0.742. The number of nitrogens with zero attached hydrogens (tertiary/aromatic N) is 3. The molecule has 0 unspecified atom stereocenters. The number of methoxy groups -OCH3 is 1. The van der Waals surface area contributed by atoms with Crippen molar-refractivity contribution < 1.29 is 9.53 Å². The summed E-state index contributed by atoms with van der Waals surface area (Å²) in [6.45, 7) is 7.77. The van der Waals surface area contributed by atoms with E-state index in [0.29, 0.717) is 28.1 Å². The number of benzene rings is 1. The van der Waals surface area contributed by atoms with E-state index in [4.69, 9.17) is 16.3 Å². The number of nitrogens with one attached hydrogen (secondary N) is 1. The van der Waals surface area contributed by atoms with Gasteiger partial charge in [-0.1, -0.05) is 25.4 Å². The number of aryl methyl sites for hydroxylation is 1. The van der Waals surface area contributed by atoms with Crippen molar-refractivity contribution in [2.75, 3.05) is 30.4 Å². The number of anilines is 2. The van der Waals surface area contributed by atoms with Crippen molar-refractivity contribution in [2.45, 2.75) is 33.6 Å². The van der Waals surface area contributed by atoms with Crippen molar-refractivity contribution in [1.82, 2.24) is 9.97 Å². The number of hydrogen-bond donors (Lipinski definition) is 1. The van der Waals surface area contributed by atoms with Gasteiger partial charge in [0.1, 0.15) is 11.4 Å². The highest BCUT2D eigenvalue weighted by atomic mass is 35.5. The van der Waals surface area contributed by atoms with Crippen LogP contribution in [0.3, 0.4) is 0 Å². The third-order valence-electron chi connectivity index (χ3n) is 3.75. The molecule has 0 atom stereocenters. The number of carbonyl (C=O) groups is 1. The van der Waals surface area contributed by atoms with Crippen LogP contribution in [0, 0.1) is 6.92 Å². The molecule has 0 saturated carbocycles. The molecule has 1 aromatic carbocycles. The molecule has 0 spiro atoms. The van der Waals surface area contributed by atoms with Crippen molar-refractivity contribution in [2.24, 2.45) is 0 Å². The van der Waals surface area contributed by atoms with E-state index < -0.39 is 0 Å². The van der Waals surface area contributed by atoms with Gasteiger partial charge in [0, 0.05) is 23.8 Å². The number of carbonyl (C=O) groups excluding carboxylic acids is 1. The first-order valence-corrected chi connectivity index (χ1v) is 9.11. The predicted octanol–water partition coefficient (Wildman–Crippen LogP) is 4.33. The van der Waals surface area contributed by atoms with E-state index >= 15 is 0 Å². The molecule has 0 bridgehead atoms. The Balaban J connectivity index is 2.30. The van der Waals surface area contributed by atoms with Crippen LogP contribution in [0.25, 0.3) is 0 Å². The molecule has 0 aliphatic heterocycles. The lowest BCUT2D eigenvalue weighted by Gasteiger charge is -2.22. The molecule has 140 valence electrons. The van der Waals surface area contributed by atoms with Crippen LogP contribution >= 0.6 is 11.6 Å². The Labute approximate surface area is 159 Å². The molecule has 6 nitrogen and oxygen atoms in total. The van der Waals surface area contributed by atoms with Crippen LogP contribution in [-0.2, 0) is 0 Å². The number of amides is 1. The summed E-state index contributed by atoms with van der Waals surface area (Å²) in [4.78, 5) is 23.8. The van der Waals surface area contributed by atoms with Gasteiger partial charge < -0.3 is 15.0 Å². The van der Waals surface area contributed by atoms with E-state index in [-0.39, 0.29) is 5.91 Å². The maximum absolute atomic E-state index is 12.7. The van der Waals surface area contributed by atoms with E-state index in [1.807, 2.05) is 6.92 Å². The molecule has 1 aromatic heterocycles. The fraction of sp³-hybridized carbons (Fsp3) is 0.421. The van der Waals surface area contributed by atoms with Crippen LogP contribution in [-0.4, -0.2) is 36.1 Å². The molecule has 7 heteroatoms. The van der Waals surface area contributed by atoms with Crippen LogP contribution in [0.5, 0.6) is 5.75 Å². The van der Waals surface area contributed by atoms with Gasteiger partial charge in [0.15, 0.2) is 0 Å². The van der Waals surface area contributed by atoms with E-state index in [1.165, 1.54) is 0 Å². The number of ether oxygens (including phenoxy) is 1. The average molecular weight is 377 g/mol. The third-order valence-corrected chi connectivity index (χ3v) is 3.99. The molecule has 0 radical (unpaired) electrons. The fourth-order valence-electron chi connectivity index (χ4n) is 2.63. The van der Waals surface area contributed by atoms with E-state index in [2.05, 4.69) is 34.0 Å². The minimum Gasteiger partial charge on any atom is -0.495 e. The highest BCUT2D eigenvalue weighted by molar-refractivity contribution is 6.31. The molecule has 2 rings (SSSR count). The van der Waals surface area contributed by atoms with Gasteiger partial charge in [0.2, 0.25) is 5.95 Å². The molecule has 26 heavy (non-hydrogen) atoms. The maximum Gasteiger partial charge on any atom is 0.274 e. The number of halogens is 1. The summed E-state index contributed by atoms with van der Waals surface area (Å²) in [5.41, 5.74) is 1.56. The third kappa shape index (κ3) is 5.08. The standard InChI is InChI=1S/C19H25ClN4O2/c1-5-9-24(10-6-2)19-21-13(3)11-16(23-19)18(25)22-15-12-14(20)7-8-17(15)26-4/h7-8,11-12H,5-6,9-10H2,1-4H3,(H,22,25). The zero-order valence-electron chi connectivity index (χ0n) is 15.7. The zero-order chi connectivity index (χ0) is 19.1. The Kier molecular flexibility index (Phi) is 7.21. The number of rotatable bonds is 8. The van der Waals surface area contributed by atoms with Crippen molar-refractivity contribution in [1.29, 1.82) is 0 Å². The molecular weight excluding hydrogens is 352 g/mol. The molecular formula is C19H25ClN4O2. The Hall–Kier alpha value is -2.34. The van der Waals surface area contributed by atoms with Crippen molar-refractivity contribution in [3.63, 3.8) is 0 Å². The Morgan fingerprint density at radius 3 is 2.50 bits per heavy atom. The summed E-state index contributed by atoms with van der Waals surface area (Å²) >= 11 is 6.03. The molecule has 0 aliphatic rings. The van der Waals surface area contributed by atoms with Crippen molar-refractivity contribution in [3.05, 3.63) is 40.7 Å². The first-order chi connectivity index (χ1) is 12.5. The minimum absolute atomic E-state index is 0.312. The maximum atomic E-state index is 12.7. The van der Waals surface area contributed by atoms with Gasteiger partial charge in [0.05, 0.1) is 12.8 Å². The minimum atomic E-state index is -0.328. The first kappa shape index (κ1) is 20.0. The summed E-state index contributed by atoms with van der Waals surface area (Å²) in [6.07, 6.45) is 1.97. The normalized spacial score (nSPS) is 10.5.